The third kappa shape index (κ3) is 23.4. The summed E-state index contributed by atoms with van der Waals surface area (Å²) in [6.07, 6.45) is 18.2. The van der Waals surface area contributed by atoms with E-state index in [1.54, 1.807) is 0 Å². The van der Waals surface area contributed by atoms with E-state index in [9.17, 15) is 24.3 Å². The van der Waals surface area contributed by atoms with Gasteiger partial charge in [-0.3, -0.25) is 19.2 Å². The smallest absolute Gasteiger partial charge is 0.306 e. The van der Waals surface area contributed by atoms with E-state index >= 15 is 0 Å². The lowest BCUT2D eigenvalue weighted by Gasteiger charge is -2.11. The van der Waals surface area contributed by atoms with Crippen LogP contribution in [0.4, 0.5) is 0 Å². The van der Waals surface area contributed by atoms with Crippen LogP contribution in [0.1, 0.15) is 149 Å². The lowest BCUT2D eigenvalue weighted by molar-refractivity contribution is -0.144. The van der Waals surface area contributed by atoms with Crippen LogP contribution in [0.15, 0.2) is 0 Å². The summed E-state index contributed by atoms with van der Waals surface area (Å²) in [5.74, 6) is -1.86. The summed E-state index contributed by atoms with van der Waals surface area (Å²) < 4.78 is 0. The molecule has 0 heterocycles. The van der Waals surface area contributed by atoms with E-state index < -0.39 is 17.9 Å². The summed E-state index contributed by atoms with van der Waals surface area (Å²) in [6.45, 7) is 1.85. The van der Waals surface area contributed by atoms with Crippen LogP contribution < -0.4 is 0 Å². The Bertz CT molecular complexity index is 543. The van der Waals surface area contributed by atoms with Crippen molar-refractivity contribution in [1.82, 2.24) is 0 Å². The van der Waals surface area contributed by atoms with Crippen LogP contribution in [0, 0.1) is 5.92 Å². The number of unbranched alkanes of at least 4 members (excludes halogenated alkanes) is 13. The molecule has 0 spiro atoms. The van der Waals surface area contributed by atoms with Gasteiger partial charge in [0.1, 0.15) is 11.6 Å². The fourth-order valence-corrected chi connectivity index (χ4v) is 4.12. The third-order valence-electron chi connectivity index (χ3n) is 6.32. The molecule has 6 nitrogen and oxygen atoms in total. The Labute approximate surface area is 208 Å². The first-order valence-electron chi connectivity index (χ1n) is 13.3. The first kappa shape index (κ1) is 34.4. The molecule has 0 aromatic heterocycles. The highest BCUT2D eigenvalue weighted by Gasteiger charge is 2.20. The summed E-state index contributed by atoms with van der Waals surface area (Å²) in [6, 6.07) is 0. The maximum atomic E-state index is 12.2. The molecule has 1 atom stereocenters. The standard InChI is InChI=1S/C27H48O6.CH4/c1-2-24(28)19-16-13-14-18-23(27(32)33)22-25(29)20-15-11-9-7-5-3-4-6-8-10-12-17-21-26(30)31;/h23H,2-22H2,1H3,(H,30,31)(H,32,33);1H4. The van der Waals surface area contributed by atoms with Gasteiger partial charge in [0.25, 0.3) is 0 Å². The summed E-state index contributed by atoms with van der Waals surface area (Å²) in [5, 5.41) is 18.0. The zero-order valence-corrected chi connectivity index (χ0v) is 21.0. The van der Waals surface area contributed by atoms with Crippen molar-refractivity contribution in [1.29, 1.82) is 0 Å². The fraction of sp³-hybridized carbons (Fsp3) is 0.857. The molecule has 6 heteroatoms. The molecule has 0 aliphatic carbocycles. The molecule has 0 amide bonds. The molecule has 0 aromatic carbocycles. The van der Waals surface area contributed by atoms with Gasteiger partial charge in [-0.1, -0.05) is 91.4 Å². The van der Waals surface area contributed by atoms with Gasteiger partial charge < -0.3 is 10.2 Å². The van der Waals surface area contributed by atoms with Gasteiger partial charge in [0.2, 0.25) is 0 Å². The van der Waals surface area contributed by atoms with Crippen LogP contribution in [0.2, 0.25) is 0 Å². The molecule has 0 radical (unpaired) electrons. The number of aliphatic carboxylic acids is 2. The van der Waals surface area contributed by atoms with Crippen molar-refractivity contribution in [2.75, 3.05) is 0 Å². The molecule has 0 rings (SSSR count). The van der Waals surface area contributed by atoms with Gasteiger partial charge in [-0.2, -0.15) is 0 Å². The minimum absolute atomic E-state index is 0. The molecule has 0 saturated carbocycles. The zero-order valence-electron chi connectivity index (χ0n) is 21.0. The average molecular weight is 485 g/mol. The van der Waals surface area contributed by atoms with E-state index in [1.807, 2.05) is 6.92 Å². The lowest BCUT2D eigenvalue weighted by atomic mass is 9.93. The number of hydrogen-bond acceptors (Lipinski definition) is 4. The normalized spacial score (nSPS) is 11.6. The van der Waals surface area contributed by atoms with Gasteiger partial charge in [-0.25, -0.2) is 0 Å². The maximum absolute atomic E-state index is 12.2. The molecule has 34 heavy (non-hydrogen) atoms. The van der Waals surface area contributed by atoms with Crippen LogP contribution in [0.3, 0.4) is 0 Å². The van der Waals surface area contributed by atoms with Crippen molar-refractivity contribution in [2.45, 2.75) is 149 Å². The van der Waals surface area contributed by atoms with Gasteiger partial charge in [-0.05, 0) is 25.7 Å². The van der Waals surface area contributed by atoms with Gasteiger partial charge in [-0.15, -0.1) is 0 Å². The van der Waals surface area contributed by atoms with Crippen molar-refractivity contribution in [2.24, 2.45) is 5.92 Å². The quantitative estimate of drug-likeness (QED) is 0.128. The molecular formula is C28H52O6. The van der Waals surface area contributed by atoms with Crippen molar-refractivity contribution < 1.29 is 29.4 Å². The predicted octanol–water partition coefficient (Wildman–Crippen LogP) is 7.76. The lowest BCUT2D eigenvalue weighted by Crippen LogP contribution is -2.18. The molecule has 0 bridgehead atoms. The van der Waals surface area contributed by atoms with Crippen LogP contribution >= 0.6 is 0 Å². The molecule has 0 aromatic rings. The second-order valence-electron chi connectivity index (χ2n) is 9.41. The Morgan fingerprint density at radius 2 is 0.941 bits per heavy atom. The maximum Gasteiger partial charge on any atom is 0.306 e. The zero-order chi connectivity index (χ0) is 24.7. The number of ketones is 2. The Balaban J connectivity index is 0. The molecule has 200 valence electrons. The predicted molar refractivity (Wildman–Crippen MR) is 138 cm³/mol. The third-order valence-corrected chi connectivity index (χ3v) is 6.32. The number of carbonyl (C=O) groups excluding carboxylic acids is 2. The van der Waals surface area contributed by atoms with Crippen LogP contribution in [0.5, 0.6) is 0 Å². The minimum atomic E-state index is -0.881. The minimum Gasteiger partial charge on any atom is -0.481 e. The summed E-state index contributed by atoms with van der Waals surface area (Å²) in [5.41, 5.74) is 0. The number of rotatable bonds is 25. The molecule has 1 unspecified atom stereocenters. The first-order valence-corrected chi connectivity index (χ1v) is 13.3. The topological polar surface area (TPSA) is 109 Å². The highest BCUT2D eigenvalue weighted by molar-refractivity contribution is 5.83. The summed E-state index contributed by atoms with van der Waals surface area (Å²) in [4.78, 5) is 45.3. The Hall–Kier alpha value is -1.72. The number of hydrogen-bond donors (Lipinski definition) is 2. The molecule has 0 saturated heterocycles. The molecule has 0 aliphatic rings. The van der Waals surface area contributed by atoms with Gasteiger partial charge >= 0.3 is 11.9 Å². The SMILES string of the molecule is C.CCC(=O)CCCCCC(CC(=O)CCCCCCCCCCCCCCC(=O)O)C(=O)O. The highest BCUT2D eigenvalue weighted by Crippen LogP contribution is 2.18. The number of carboxylic acid groups (broad SMARTS) is 2. The van der Waals surface area contributed by atoms with E-state index in [4.69, 9.17) is 5.11 Å². The van der Waals surface area contributed by atoms with Crippen LogP contribution in [-0.2, 0) is 19.2 Å². The Morgan fingerprint density at radius 3 is 1.35 bits per heavy atom. The van der Waals surface area contributed by atoms with Crippen molar-refractivity contribution in [3.8, 4) is 0 Å². The molecule has 0 aliphatic heterocycles. The highest BCUT2D eigenvalue weighted by atomic mass is 16.4. The van der Waals surface area contributed by atoms with E-state index in [1.165, 1.54) is 38.5 Å². The second-order valence-corrected chi connectivity index (χ2v) is 9.41. The van der Waals surface area contributed by atoms with E-state index in [0.29, 0.717) is 25.7 Å². The van der Waals surface area contributed by atoms with Crippen molar-refractivity contribution in [3.05, 3.63) is 0 Å². The number of carboxylic acids is 2. The summed E-state index contributed by atoms with van der Waals surface area (Å²) in [7, 11) is 0. The van der Waals surface area contributed by atoms with E-state index in [-0.39, 0.29) is 31.8 Å². The Morgan fingerprint density at radius 1 is 0.559 bits per heavy atom. The summed E-state index contributed by atoms with van der Waals surface area (Å²) >= 11 is 0. The van der Waals surface area contributed by atoms with Crippen LogP contribution in [0.25, 0.3) is 0 Å². The largest absolute Gasteiger partial charge is 0.481 e. The van der Waals surface area contributed by atoms with Crippen molar-refractivity contribution >= 4 is 23.5 Å². The number of carbonyl (C=O) groups is 4. The number of Topliss-reactive ketones (excluding diaryl/α,β-unsaturated/α-hetero) is 2. The van der Waals surface area contributed by atoms with Crippen LogP contribution in [-0.4, -0.2) is 33.7 Å². The van der Waals surface area contributed by atoms with Crippen molar-refractivity contribution in [3.63, 3.8) is 0 Å². The fourth-order valence-electron chi connectivity index (χ4n) is 4.12. The van der Waals surface area contributed by atoms with Gasteiger partial charge in [0, 0.05) is 32.1 Å². The van der Waals surface area contributed by atoms with Gasteiger partial charge in [0.05, 0.1) is 5.92 Å². The van der Waals surface area contributed by atoms with E-state index in [0.717, 1.165) is 57.8 Å². The second kappa shape index (κ2) is 24.4. The Kier molecular flexibility index (Phi) is 24.7. The van der Waals surface area contributed by atoms with E-state index in [2.05, 4.69) is 0 Å². The molecule has 0 fully saturated rings. The monoisotopic (exact) mass is 484 g/mol. The first-order chi connectivity index (χ1) is 15.9. The molecular weight excluding hydrogens is 432 g/mol. The molecule has 2 N–H and O–H groups in total. The van der Waals surface area contributed by atoms with Gasteiger partial charge in [0.15, 0.2) is 0 Å². The average Bonchev–Trinajstić information content (AvgIpc) is 2.77.